The molecule has 1 saturated carbocycles. The molecule has 0 radical (unpaired) electrons. The van der Waals surface area contributed by atoms with E-state index in [4.69, 9.17) is 10.3 Å². The third kappa shape index (κ3) is 3.14. The van der Waals surface area contributed by atoms with Gasteiger partial charge in [-0.25, -0.2) is 0 Å². The molecular weight excluding hydrogens is 324 g/mol. The molecule has 2 aromatic heterocycles. The first-order valence-electron chi connectivity index (χ1n) is 8.19. The Morgan fingerprint density at radius 1 is 1.08 bits per heavy atom. The smallest absolute Gasteiger partial charge is 0.227 e. The zero-order valence-electron chi connectivity index (χ0n) is 13.4. The minimum Gasteiger partial charge on any atom is -0.339 e. The van der Waals surface area contributed by atoms with Gasteiger partial charge in [0.2, 0.25) is 5.89 Å². The molecule has 0 spiro atoms. The summed E-state index contributed by atoms with van der Waals surface area (Å²) in [5.74, 6) is 1.34. The van der Waals surface area contributed by atoms with Crippen LogP contribution in [0.4, 0.5) is 0 Å². The van der Waals surface area contributed by atoms with E-state index < -0.39 is 0 Å². The molecule has 0 atom stereocenters. The molecule has 1 aromatic carbocycles. The fourth-order valence-electron chi connectivity index (χ4n) is 3.40. The average Bonchev–Trinajstić information content (AvgIpc) is 3.23. The van der Waals surface area contributed by atoms with Crippen molar-refractivity contribution in [3.8, 4) is 0 Å². The van der Waals surface area contributed by atoms with Gasteiger partial charge in [-0.3, -0.25) is 4.98 Å². The summed E-state index contributed by atoms with van der Waals surface area (Å²) >= 11 is 0. The summed E-state index contributed by atoms with van der Waals surface area (Å²) < 4.78 is 5.42. The molecule has 1 aliphatic carbocycles. The van der Waals surface area contributed by atoms with Crippen molar-refractivity contribution in [2.24, 2.45) is 5.73 Å². The molecule has 0 amide bonds. The van der Waals surface area contributed by atoms with Gasteiger partial charge >= 0.3 is 0 Å². The van der Waals surface area contributed by atoms with E-state index >= 15 is 0 Å². The molecule has 3 aromatic rings. The first-order chi connectivity index (χ1) is 11.2. The number of nitrogens with two attached hydrogens (primary N) is 1. The number of pyridine rings is 1. The van der Waals surface area contributed by atoms with Crippen molar-refractivity contribution in [1.82, 2.24) is 15.1 Å². The van der Waals surface area contributed by atoms with E-state index in [-0.39, 0.29) is 17.9 Å². The third-order valence-electron chi connectivity index (χ3n) is 4.76. The molecule has 2 heterocycles. The van der Waals surface area contributed by atoms with Crippen molar-refractivity contribution in [2.45, 2.75) is 44.1 Å². The monoisotopic (exact) mass is 344 g/mol. The number of aromatic nitrogens is 3. The highest BCUT2D eigenvalue weighted by molar-refractivity contribution is 5.85. The second kappa shape index (κ2) is 6.87. The maximum atomic E-state index is 6.38. The lowest BCUT2D eigenvalue weighted by molar-refractivity contribution is 0.348. The average molecular weight is 345 g/mol. The van der Waals surface area contributed by atoms with Gasteiger partial charge in [-0.05, 0) is 37.0 Å². The largest absolute Gasteiger partial charge is 0.339 e. The molecule has 1 aliphatic rings. The Bertz CT molecular complexity index is 821. The van der Waals surface area contributed by atoms with Gasteiger partial charge in [-0.2, -0.15) is 4.98 Å². The standard InChI is InChI=1S/C18H20N4O.ClH/c19-18(10-3-4-11-18)17-21-16(23-22-17)8-7-13-9-12-20-15-6-2-1-5-14(13)15;/h1-2,5-6,9,12H,3-4,7-8,10-11,19H2;1H. The number of rotatable bonds is 4. The second-order valence-corrected chi connectivity index (χ2v) is 6.36. The van der Waals surface area contributed by atoms with E-state index in [9.17, 15) is 0 Å². The van der Waals surface area contributed by atoms with Crippen LogP contribution in [-0.4, -0.2) is 15.1 Å². The van der Waals surface area contributed by atoms with Gasteiger partial charge in [0.25, 0.3) is 0 Å². The molecule has 126 valence electrons. The molecule has 2 N–H and O–H groups in total. The maximum absolute atomic E-state index is 6.38. The molecule has 1 fully saturated rings. The van der Waals surface area contributed by atoms with Gasteiger partial charge in [-0.15, -0.1) is 12.4 Å². The molecule has 4 rings (SSSR count). The number of hydrogen-bond donors (Lipinski definition) is 1. The molecule has 0 saturated heterocycles. The number of benzene rings is 1. The summed E-state index contributed by atoms with van der Waals surface area (Å²) in [6.45, 7) is 0. The van der Waals surface area contributed by atoms with E-state index in [1.807, 2.05) is 24.4 Å². The van der Waals surface area contributed by atoms with Crippen LogP contribution in [0.25, 0.3) is 10.9 Å². The summed E-state index contributed by atoms with van der Waals surface area (Å²) in [5, 5.41) is 5.30. The van der Waals surface area contributed by atoms with Crippen LogP contribution in [0.5, 0.6) is 0 Å². The van der Waals surface area contributed by atoms with Crippen molar-refractivity contribution in [1.29, 1.82) is 0 Å². The van der Waals surface area contributed by atoms with Crippen molar-refractivity contribution in [3.63, 3.8) is 0 Å². The van der Waals surface area contributed by atoms with Crippen LogP contribution in [0.2, 0.25) is 0 Å². The summed E-state index contributed by atoms with van der Waals surface area (Å²) in [6.07, 6.45) is 7.60. The van der Waals surface area contributed by atoms with Crippen molar-refractivity contribution in [3.05, 3.63) is 53.8 Å². The van der Waals surface area contributed by atoms with E-state index in [1.54, 1.807) is 0 Å². The van der Waals surface area contributed by atoms with Gasteiger partial charge < -0.3 is 10.3 Å². The van der Waals surface area contributed by atoms with Crippen LogP contribution in [0.3, 0.4) is 0 Å². The van der Waals surface area contributed by atoms with Crippen LogP contribution < -0.4 is 5.73 Å². The maximum Gasteiger partial charge on any atom is 0.227 e. The molecule has 0 unspecified atom stereocenters. The highest BCUT2D eigenvalue weighted by atomic mass is 35.5. The fourth-order valence-corrected chi connectivity index (χ4v) is 3.40. The lowest BCUT2D eigenvalue weighted by Gasteiger charge is -2.17. The number of para-hydroxylation sites is 1. The highest BCUT2D eigenvalue weighted by Crippen LogP contribution is 2.34. The normalized spacial score (nSPS) is 16.2. The van der Waals surface area contributed by atoms with Crippen molar-refractivity contribution >= 4 is 23.3 Å². The number of hydrogen-bond acceptors (Lipinski definition) is 5. The Labute approximate surface area is 147 Å². The van der Waals surface area contributed by atoms with Gasteiger partial charge in [0, 0.05) is 18.0 Å². The summed E-state index contributed by atoms with van der Waals surface area (Å²) in [4.78, 5) is 8.94. The van der Waals surface area contributed by atoms with Crippen molar-refractivity contribution < 1.29 is 4.52 Å². The predicted octanol–water partition coefficient (Wildman–Crippen LogP) is 3.55. The van der Waals surface area contributed by atoms with E-state index in [2.05, 4.69) is 27.3 Å². The SMILES string of the molecule is Cl.NC1(c2noc(CCc3ccnc4ccccc34)n2)CCCC1. The zero-order valence-corrected chi connectivity index (χ0v) is 14.3. The van der Waals surface area contributed by atoms with Crippen LogP contribution in [0.15, 0.2) is 41.1 Å². The van der Waals surface area contributed by atoms with Crippen molar-refractivity contribution in [2.75, 3.05) is 0 Å². The second-order valence-electron chi connectivity index (χ2n) is 6.36. The first kappa shape index (κ1) is 16.9. The number of aryl methyl sites for hydroxylation is 2. The van der Waals surface area contributed by atoms with E-state index in [0.717, 1.165) is 44.0 Å². The van der Waals surface area contributed by atoms with Crippen LogP contribution >= 0.6 is 12.4 Å². The van der Waals surface area contributed by atoms with Gasteiger partial charge in [0.15, 0.2) is 5.82 Å². The quantitative estimate of drug-likeness (QED) is 0.783. The first-order valence-corrected chi connectivity index (χ1v) is 8.19. The minimum absolute atomic E-state index is 0. The Hall–Kier alpha value is -1.98. The Kier molecular flexibility index (Phi) is 4.83. The third-order valence-corrected chi connectivity index (χ3v) is 4.76. The molecule has 24 heavy (non-hydrogen) atoms. The van der Waals surface area contributed by atoms with E-state index in [1.165, 1.54) is 10.9 Å². The highest BCUT2D eigenvalue weighted by Gasteiger charge is 2.35. The number of nitrogens with zero attached hydrogens (tertiary/aromatic N) is 3. The topological polar surface area (TPSA) is 77.8 Å². The zero-order chi connectivity index (χ0) is 15.7. The number of halogens is 1. The van der Waals surface area contributed by atoms with Gasteiger partial charge in [0.1, 0.15) is 0 Å². The van der Waals surface area contributed by atoms with Gasteiger partial charge in [0.05, 0.1) is 11.1 Å². The van der Waals surface area contributed by atoms with Crippen LogP contribution in [0, 0.1) is 0 Å². The van der Waals surface area contributed by atoms with Crippen LogP contribution in [-0.2, 0) is 18.4 Å². The molecule has 5 nitrogen and oxygen atoms in total. The molecule has 0 bridgehead atoms. The summed E-state index contributed by atoms with van der Waals surface area (Å²) in [5.41, 5.74) is 8.26. The minimum atomic E-state index is -0.384. The van der Waals surface area contributed by atoms with Crippen LogP contribution in [0.1, 0.15) is 43.0 Å². The Morgan fingerprint density at radius 3 is 2.71 bits per heavy atom. The lowest BCUT2D eigenvalue weighted by Crippen LogP contribution is -2.34. The van der Waals surface area contributed by atoms with E-state index in [0.29, 0.717) is 11.7 Å². The Morgan fingerprint density at radius 2 is 1.88 bits per heavy atom. The Balaban J connectivity index is 0.00000169. The molecule has 0 aliphatic heterocycles. The number of fused-ring (bicyclic) bond motifs is 1. The lowest BCUT2D eigenvalue weighted by atomic mass is 9.98. The molecule has 6 heteroatoms. The summed E-state index contributed by atoms with van der Waals surface area (Å²) in [6, 6.07) is 10.2. The fraction of sp³-hybridized carbons (Fsp3) is 0.389. The van der Waals surface area contributed by atoms with Gasteiger partial charge in [-0.1, -0.05) is 36.2 Å². The molecular formula is C18H21ClN4O. The predicted molar refractivity (Wildman–Crippen MR) is 95.0 cm³/mol. The summed E-state index contributed by atoms with van der Waals surface area (Å²) in [7, 11) is 0.